The van der Waals surface area contributed by atoms with Crippen LogP contribution in [0.4, 0.5) is 0 Å². The van der Waals surface area contributed by atoms with Crippen molar-refractivity contribution < 1.29 is 4.57 Å². The van der Waals surface area contributed by atoms with Gasteiger partial charge >= 0.3 is 0 Å². The maximum Gasteiger partial charge on any atom is 0.169 e. The highest BCUT2D eigenvalue weighted by atomic mass is 15.0. The van der Waals surface area contributed by atoms with Gasteiger partial charge in [-0.3, -0.25) is 0 Å². The van der Waals surface area contributed by atoms with Gasteiger partial charge in [-0.25, -0.2) is 4.57 Å². The monoisotopic (exact) mass is 192 g/mol. The molecule has 0 N–H and O–H groups in total. The van der Waals surface area contributed by atoms with Crippen LogP contribution in [0.2, 0.25) is 0 Å². The SMILES string of the molecule is CCCCCCC(C)[n+]1ccccc1. The molecule has 14 heavy (non-hydrogen) atoms. The Kier molecular flexibility index (Phi) is 5.28. The molecule has 1 aromatic rings. The van der Waals surface area contributed by atoms with Gasteiger partial charge in [0.1, 0.15) is 0 Å². The van der Waals surface area contributed by atoms with Gasteiger partial charge in [0.15, 0.2) is 18.4 Å². The highest BCUT2D eigenvalue weighted by Crippen LogP contribution is 2.09. The van der Waals surface area contributed by atoms with Crippen molar-refractivity contribution in [2.24, 2.45) is 0 Å². The second kappa shape index (κ2) is 6.58. The summed E-state index contributed by atoms with van der Waals surface area (Å²) in [5.41, 5.74) is 0. The lowest BCUT2D eigenvalue weighted by molar-refractivity contribution is -0.720. The fraction of sp³-hybridized carbons (Fsp3) is 0.615. The van der Waals surface area contributed by atoms with E-state index in [2.05, 4.69) is 49.0 Å². The molecular formula is C13H22N+. The minimum Gasteiger partial charge on any atom is -0.203 e. The van der Waals surface area contributed by atoms with E-state index in [4.69, 9.17) is 0 Å². The molecule has 1 aromatic heterocycles. The topological polar surface area (TPSA) is 3.88 Å². The van der Waals surface area contributed by atoms with Gasteiger partial charge in [0.05, 0.1) is 0 Å². The van der Waals surface area contributed by atoms with Crippen LogP contribution in [-0.4, -0.2) is 0 Å². The van der Waals surface area contributed by atoms with Crippen LogP contribution >= 0.6 is 0 Å². The zero-order valence-electron chi connectivity index (χ0n) is 9.45. The largest absolute Gasteiger partial charge is 0.203 e. The number of nitrogens with zero attached hydrogens (tertiary/aromatic N) is 1. The molecule has 0 bridgehead atoms. The van der Waals surface area contributed by atoms with Gasteiger partial charge in [-0.15, -0.1) is 0 Å². The summed E-state index contributed by atoms with van der Waals surface area (Å²) in [7, 11) is 0. The fourth-order valence-electron chi connectivity index (χ4n) is 1.72. The van der Waals surface area contributed by atoms with Crippen molar-refractivity contribution in [2.45, 2.75) is 52.0 Å². The molecule has 1 heteroatoms. The summed E-state index contributed by atoms with van der Waals surface area (Å²) in [5, 5.41) is 0. The standard InChI is InChI=1S/C13H22N/c1-3-4-5-7-10-13(2)14-11-8-6-9-12-14/h6,8-9,11-13H,3-5,7,10H2,1-2H3/q+1. The van der Waals surface area contributed by atoms with Crippen LogP contribution < -0.4 is 4.57 Å². The Morgan fingerprint density at radius 1 is 1.00 bits per heavy atom. The molecule has 1 atom stereocenters. The Morgan fingerprint density at radius 3 is 2.36 bits per heavy atom. The highest BCUT2D eigenvalue weighted by Gasteiger charge is 2.09. The second-order valence-electron chi connectivity index (χ2n) is 4.02. The highest BCUT2D eigenvalue weighted by molar-refractivity contribution is 4.83. The summed E-state index contributed by atoms with van der Waals surface area (Å²) in [6.45, 7) is 4.56. The summed E-state index contributed by atoms with van der Waals surface area (Å²) in [4.78, 5) is 0. The number of hydrogen-bond donors (Lipinski definition) is 0. The van der Waals surface area contributed by atoms with Crippen molar-refractivity contribution >= 4 is 0 Å². The first-order valence-electron chi connectivity index (χ1n) is 5.80. The van der Waals surface area contributed by atoms with Crippen molar-refractivity contribution in [1.29, 1.82) is 0 Å². The molecule has 1 unspecified atom stereocenters. The van der Waals surface area contributed by atoms with Gasteiger partial charge in [0.2, 0.25) is 0 Å². The third-order valence-corrected chi connectivity index (χ3v) is 2.72. The van der Waals surface area contributed by atoms with Crippen LogP contribution in [0.15, 0.2) is 30.6 Å². The zero-order valence-corrected chi connectivity index (χ0v) is 9.45. The third kappa shape index (κ3) is 3.91. The van der Waals surface area contributed by atoms with E-state index in [1.165, 1.54) is 32.1 Å². The van der Waals surface area contributed by atoms with Crippen LogP contribution in [-0.2, 0) is 0 Å². The van der Waals surface area contributed by atoms with Gasteiger partial charge in [-0.1, -0.05) is 32.3 Å². The van der Waals surface area contributed by atoms with Crippen LogP contribution in [0.5, 0.6) is 0 Å². The van der Waals surface area contributed by atoms with Crippen molar-refractivity contribution in [3.8, 4) is 0 Å². The van der Waals surface area contributed by atoms with Crippen molar-refractivity contribution in [3.63, 3.8) is 0 Å². The number of pyridine rings is 1. The molecule has 1 rings (SSSR count). The lowest BCUT2D eigenvalue weighted by Crippen LogP contribution is -2.36. The molecule has 1 nitrogen and oxygen atoms in total. The van der Waals surface area contributed by atoms with E-state index in [0.29, 0.717) is 6.04 Å². The van der Waals surface area contributed by atoms with Gasteiger partial charge < -0.3 is 0 Å². The lowest BCUT2D eigenvalue weighted by atomic mass is 10.1. The van der Waals surface area contributed by atoms with Crippen molar-refractivity contribution in [1.82, 2.24) is 0 Å². The molecule has 0 aliphatic heterocycles. The molecule has 0 saturated heterocycles. The number of unbranched alkanes of at least 4 members (excludes halogenated alkanes) is 3. The first-order valence-corrected chi connectivity index (χ1v) is 5.80. The van der Waals surface area contributed by atoms with Gasteiger partial charge in [0, 0.05) is 18.6 Å². The minimum absolute atomic E-state index is 0.646. The first-order chi connectivity index (χ1) is 6.84. The summed E-state index contributed by atoms with van der Waals surface area (Å²) < 4.78 is 2.30. The van der Waals surface area contributed by atoms with Crippen LogP contribution in [0.25, 0.3) is 0 Å². The molecule has 0 fully saturated rings. The molecule has 0 aliphatic rings. The smallest absolute Gasteiger partial charge is 0.169 e. The maximum absolute atomic E-state index is 2.30. The van der Waals surface area contributed by atoms with E-state index in [-0.39, 0.29) is 0 Å². The quantitative estimate of drug-likeness (QED) is 0.480. The van der Waals surface area contributed by atoms with Gasteiger partial charge in [-0.05, 0) is 13.3 Å². The fourth-order valence-corrected chi connectivity index (χ4v) is 1.72. The number of rotatable bonds is 6. The molecule has 0 radical (unpaired) electrons. The zero-order chi connectivity index (χ0) is 10.2. The Labute approximate surface area is 87.8 Å². The molecule has 0 spiro atoms. The van der Waals surface area contributed by atoms with Crippen LogP contribution in [0.3, 0.4) is 0 Å². The van der Waals surface area contributed by atoms with Crippen LogP contribution in [0.1, 0.15) is 52.0 Å². The molecular weight excluding hydrogens is 170 g/mol. The summed E-state index contributed by atoms with van der Waals surface area (Å²) in [6, 6.07) is 6.92. The molecule has 0 saturated carbocycles. The van der Waals surface area contributed by atoms with E-state index in [9.17, 15) is 0 Å². The van der Waals surface area contributed by atoms with Crippen LogP contribution in [0, 0.1) is 0 Å². The van der Waals surface area contributed by atoms with Gasteiger partial charge in [0.25, 0.3) is 0 Å². The van der Waals surface area contributed by atoms with Crippen molar-refractivity contribution in [2.75, 3.05) is 0 Å². The normalized spacial score (nSPS) is 12.7. The maximum atomic E-state index is 2.30. The summed E-state index contributed by atoms with van der Waals surface area (Å²) in [6.07, 6.45) is 11.1. The number of aromatic nitrogens is 1. The molecule has 78 valence electrons. The molecule has 0 aromatic carbocycles. The molecule has 1 heterocycles. The molecule has 0 amide bonds. The third-order valence-electron chi connectivity index (χ3n) is 2.72. The molecule has 0 aliphatic carbocycles. The Hall–Kier alpha value is -0.850. The predicted octanol–water partition coefficient (Wildman–Crippen LogP) is 3.51. The average molecular weight is 192 g/mol. The van der Waals surface area contributed by atoms with E-state index in [0.717, 1.165) is 0 Å². The number of hydrogen-bond acceptors (Lipinski definition) is 0. The van der Waals surface area contributed by atoms with Gasteiger partial charge in [-0.2, -0.15) is 0 Å². The lowest BCUT2D eigenvalue weighted by Gasteiger charge is -2.05. The second-order valence-corrected chi connectivity index (χ2v) is 4.02. The summed E-state index contributed by atoms with van der Waals surface area (Å²) >= 11 is 0. The predicted molar refractivity (Wildman–Crippen MR) is 60.1 cm³/mol. The Balaban J connectivity index is 2.25. The first kappa shape index (κ1) is 11.2. The summed E-state index contributed by atoms with van der Waals surface area (Å²) in [5.74, 6) is 0. The van der Waals surface area contributed by atoms with E-state index < -0.39 is 0 Å². The van der Waals surface area contributed by atoms with E-state index in [1.807, 2.05) is 0 Å². The Morgan fingerprint density at radius 2 is 1.71 bits per heavy atom. The van der Waals surface area contributed by atoms with Crippen molar-refractivity contribution in [3.05, 3.63) is 30.6 Å². The Bertz CT molecular complexity index is 230. The average Bonchev–Trinajstić information content (AvgIpc) is 2.25. The van der Waals surface area contributed by atoms with E-state index >= 15 is 0 Å². The van der Waals surface area contributed by atoms with E-state index in [1.54, 1.807) is 0 Å². The minimum atomic E-state index is 0.646.